The SMILES string of the molecule is CCCCCCCc1ccc(Cc2ccc([N+](=O)[O-])cc2)cc1. The van der Waals surface area contributed by atoms with E-state index in [1.165, 1.54) is 43.2 Å². The minimum absolute atomic E-state index is 0.146. The molecule has 0 heterocycles. The van der Waals surface area contributed by atoms with E-state index in [-0.39, 0.29) is 10.6 Å². The van der Waals surface area contributed by atoms with Crippen molar-refractivity contribution in [2.45, 2.75) is 51.9 Å². The highest BCUT2D eigenvalue weighted by Crippen LogP contribution is 2.16. The minimum Gasteiger partial charge on any atom is -0.258 e. The van der Waals surface area contributed by atoms with E-state index in [4.69, 9.17) is 0 Å². The van der Waals surface area contributed by atoms with E-state index in [1.54, 1.807) is 12.1 Å². The average Bonchev–Trinajstić information content (AvgIpc) is 2.57. The predicted octanol–water partition coefficient (Wildman–Crippen LogP) is 5.70. The third kappa shape index (κ3) is 5.85. The van der Waals surface area contributed by atoms with Crippen molar-refractivity contribution in [2.24, 2.45) is 0 Å². The predicted molar refractivity (Wildman–Crippen MR) is 94.8 cm³/mol. The van der Waals surface area contributed by atoms with Gasteiger partial charge in [0.2, 0.25) is 0 Å². The zero-order chi connectivity index (χ0) is 16.5. The molecular weight excluding hydrogens is 286 g/mol. The first-order chi connectivity index (χ1) is 11.2. The van der Waals surface area contributed by atoms with Crippen molar-refractivity contribution < 1.29 is 4.92 Å². The molecule has 122 valence electrons. The molecule has 0 saturated carbocycles. The van der Waals surface area contributed by atoms with Crippen molar-refractivity contribution in [2.75, 3.05) is 0 Å². The van der Waals surface area contributed by atoms with Gasteiger partial charge in [0.15, 0.2) is 0 Å². The minimum atomic E-state index is -0.362. The van der Waals surface area contributed by atoms with Gasteiger partial charge < -0.3 is 0 Å². The van der Waals surface area contributed by atoms with Gasteiger partial charge >= 0.3 is 0 Å². The Morgan fingerprint density at radius 3 is 1.87 bits per heavy atom. The molecule has 0 aliphatic rings. The van der Waals surface area contributed by atoms with Crippen LogP contribution < -0.4 is 0 Å². The highest BCUT2D eigenvalue weighted by Gasteiger charge is 2.04. The molecule has 0 aromatic heterocycles. The topological polar surface area (TPSA) is 43.1 Å². The molecule has 0 bridgehead atoms. The summed E-state index contributed by atoms with van der Waals surface area (Å²) in [6.45, 7) is 2.24. The number of nitro groups is 1. The highest BCUT2D eigenvalue weighted by atomic mass is 16.6. The van der Waals surface area contributed by atoms with Crippen LogP contribution in [0.1, 0.15) is 55.7 Å². The second-order valence-corrected chi connectivity index (χ2v) is 6.08. The van der Waals surface area contributed by atoms with E-state index in [1.807, 2.05) is 12.1 Å². The van der Waals surface area contributed by atoms with Crippen LogP contribution in [0.5, 0.6) is 0 Å². The van der Waals surface area contributed by atoms with Crippen molar-refractivity contribution >= 4 is 5.69 Å². The largest absolute Gasteiger partial charge is 0.269 e. The summed E-state index contributed by atoms with van der Waals surface area (Å²) in [5, 5.41) is 10.7. The van der Waals surface area contributed by atoms with E-state index in [0.29, 0.717) is 0 Å². The molecule has 0 radical (unpaired) electrons. The van der Waals surface area contributed by atoms with Gasteiger partial charge in [-0.1, -0.05) is 69.0 Å². The first-order valence-corrected chi connectivity index (χ1v) is 8.50. The number of benzene rings is 2. The maximum atomic E-state index is 10.7. The van der Waals surface area contributed by atoms with E-state index in [9.17, 15) is 10.1 Å². The Morgan fingerprint density at radius 2 is 1.30 bits per heavy atom. The van der Waals surface area contributed by atoms with Crippen LogP contribution >= 0.6 is 0 Å². The van der Waals surface area contributed by atoms with Gasteiger partial charge in [-0.2, -0.15) is 0 Å². The average molecular weight is 311 g/mol. The summed E-state index contributed by atoms with van der Waals surface area (Å²) in [4.78, 5) is 10.3. The number of nitrogens with zero attached hydrogens (tertiary/aromatic N) is 1. The van der Waals surface area contributed by atoms with Crippen LogP contribution in [0.15, 0.2) is 48.5 Å². The molecule has 2 rings (SSSR count). The Labute approximate surface area is 138 Å². The number of aryl methyl sites for hydroxylation is 1. The lowest BCUT2D eigenvalue weighted by Gasteiger charge is -2.05. The number of nitro benzene ring substituents is 1. The molecule has 0 fully saturated rings. The summed E-state index contributed by atoms with van der Waals surface area (Å²) in [5.41, 5.74) is 3.89. The maximum Gasteiger partial charge on any atom is 0.269 e. The maximum absolute atomic E-state index is 10.7. The summed E-state index contributed by atoms with van der Waals surface area (Å²) in [6.07, 6.45) is 8.52. The van der Waals surface area contributed by atoms with Crippen molar-refractivity contribution in [3.63, 3.8) is 0 Å². The van der Waals surface area contributed by atoms with Crippen molar-refractivity contribution in [1.82, 2.24) is 0 Å². The van der Waals surface area contributed by atoms with E-state index >= 15 is 0 Å². The first-order valence-electron chi connectivity index (χ1n) is 8.50. The number of rotatable bonds is 9. The highest BCUT2D eigenvalue weighted by molar-refractivity contribution is 5.35. The normalized spacial score (nSPS) is 10.7. The molecule has 3 nitrogen and oxygen atoms in total. The summed E-state index contributed by atoms with van der Waals surface area (Å²) >= 11 is 0. The quantitative estimate of drug-likeness (QED) is 0.339. The van der Waals surface area contributed by atoms with Gasteiger partial charge in [0.25, 0.3) is 5.69 Å². The molecule has 0 aliphatic carbocycles. The third-order valence-electron chi connectivity index (χ3n) is 4.15. The Kier molecular flexibility index (Phi) is 6.79. The van der Waals surface area contributed by atoms with Crippen LogP contribution in [0, 0.1) is 10.1 Å². The van der Waals surface area contributed by atoms with Crippen LogP contribution in [0.4, 0.5) is 5.69 Å². The van der Waals surface area contributed by atoms with Gasteiger partial charge in [0.1, 0.15) is 0 Å². The van der Waals surface area contributed by atoms with Gasteiger partial charge in [-0.25, -0.2) is 0 Å². The number of non-ortho nitro benzene ring substituents is 1. The van der Waals surface area contributed by atoms with Crippen LogP contribution in [-0.2, 0) is 12.8 Å². The van der Waals surface area contributed by atoms with Crippen molar-refractivity contribution in [3.8, 4) is 0 Å². The lowest BCUT2D eigenvalue weighted by Crippen LogP contribution is -1.92. The third-order valence-corrected chi connectivity index (χ3v) is 4.15. The second kappa shape index (κ2) is 9.09. The first kappa shape index (κ1) is 17.2. The lowest BCUT2D eigenvalue weighted by atomic mass is 10.0. The smallest absolute Gasteiger partial charge is 0.258 e. The van der Waals surface area contributed by atoms with Crippen LogP contribution in [0.2, 0.25) is 0 Å². The number of unbranched alkanes of at least 4 members (excludes halogenated alkanes) is 4. The Hall–Kier alpha value is -2.16. The van der Waals surface area contributed by atoms with Crippen LogP contribution in [-0.4, -0.2) is 4.92 Å². The van der Waals surface area contributed by atoms with E-state index in [0.717, 1.165) is 18.4 Å². The molecule has 2 aromatic rings. The summed E-state index contributed by atoms with van der Waals surface area (Å²) in [5.74, 6) is 0. The van der Waals surface area contributed by atoms with Crippen LogP contribution in [0.25, 0.3) is 0 Å². The molecule has 0 spiro atoms. The zero-order valence-electron chi connectivity index (χ0n) is 13.8. The fraction of sp³-hybridized carbons (Fsp3) is 0.400. The molecular formula is C20H25NO2. The van der Waals surface area contributed by atoms with Crippen molar-refractivity contribution in [3.05, 3.63) is 75.3 Å². The monoisotopic (exact) mass is 311 g/mol. The molecule has 0 atom stereocenters. The summed E-state index contributed by atoms with van der Waals surface area (Å²) < 4.78 is 0. The summed E-state index contributed by atoms with van der Waals surface area (Å²) in [7, 11) is 0. The molecule has 0 amide bonds. The number of hydrogen-bond donors (Lipinski definition) is 0. The Bertz CT molecular complexity index is 603. The number of hydrogen-bond acceptors (Lipinski definition) is 2. The molecule has 2 aromatic carbocycles. The van der Waals surface area contributed by atoms with Gasteiger partial charge in [-0.05, 0) is 36.0 Å². The van der Waals surface area contributed by atoms with Crippen molar-refractivity contribution in [1.29, 1.82) is 0 Å². The Balaban J connectivity index is 1.83. The standard InChI is InChI=1S/C20H25NO2/c1-2-3-4-5-6-7-17-8-10-18(11-9-17)16-19-12-14-20(15-13-19)21(22)23/h8-15H,2-7,16H2,1H3. The van der Waals surface area contributed by atoms with Crippen LogP contribution in [0.3, 0.4) is 0 Å². The molecule has 0 unspecified atom stereocenters. The Morgan fingerprint density at radius 1 is 0.783 bits per heavy atom. The van der Waals surface area contributed by atoms with E-state index < -0.39 is 0 Å². The van der Waals surface area contributed by atoms with Gasteiger partial charge in [-0.3, -0.25) is 10.1 Å². The van der Waals surface area contributed by atoms with E-state index in [2.05, 4.69) is 31.2 Å². The zero-order valence-corrected chi connectivity index (χ0v) is 13.8. The molecule has 3 heteroatoms. The van der Waals surface area contributed by atoms with Gasteiger partial charge in [0.05, 0.1) is 4.92 Å². The molecule has 0 aliphatic heterocycles. The molecule has 0 N–H and O–H groups in total. The second-order valence-electron chi connectivity index (χ2n) is 6.08. The molecule has 23 heavy (non-hydrogen) atoms. The fourth-order valence-electron chi connectivity index (χ4n) is 2.73. The van der Waals surface area contributed by atoms with Gasteiger partial charge in [-0.15, -0.1) is 0 Å². The lowest BCUT2D eigenvalue weighted by molar-refractivity contribution is -0.384. The summed E-state index contributed by atoms with van der Waals surface area (Å²) in [6, 6.07) is 15.6. The fourth-order valence-corrected chi connectivity index (χ4v) is 2.73. The van der Waals surface area contributed by atoms with Gasteiger partial charge in [0, 0.05) is 12.1 Å². The molecule has 0 saturated heterocycles.